The summed E-state index contributed by atoms with van der Waals surface area (Å²) in [6, 6.07) is 6.35. The third-order valence-corrected chi connectivity index (χ3v) is 6.01. The Labute approximate surface area is 152 Å². The van der Waals surface area contributed by atoms with Gasteiger partial charge in [0.05, 0.1) is 16.9 Å². The van der Waals surface area contributed by atoms with Gasteiger partial charge in [0.15, 0.2) is 0 Å². The van der Waals surface area contributed by atoms with Crippen molar-refractivity contribution in [2.24, 2.45) is 0 Å². The summed E-state index contributed by atoms with van der Waals surface area (Å²) in [6.07, 6.45) is 3.71. The summed E-state index contributed by atoms with van der Waals surface area (Å²) in [5.41, 5.74) is 0.544. The van der Waals surface area contributed by atoms with Gasteiger partial charge in [0.2, 0.25) is 15.9 Å². The Bertz CT molecular complexity index is 796. The molecule has 1 aromatic rings. The molecule has 1 saturated carbocycles. The highest BCUT2D eigenvalue weighted by Gasteiger charge is 2.36. The number of rotatable bonds is 7. The minimum Gasteiger partial charge on any atom is -0.353 e. The number of carbonyl (C=O) groups is 3. The molecule has 0 atom stereocenters. The van der Waals surface area contributed by atoms with E-state index < -0.39 is 34.3 Å². The van der Waals surface area contributed by atoms with Crippen molar-refractivity contribution in [2.45, 2.75) is 31.7 Å². The summed E-state index contributed by atoms with van der Waals surface area (Å²) in [5, 5.41) is 2.45. The topological polar surface area (TPSA) is 113 Å². The first-order chi connectivity index (χ1) is 12.4. The molecule has 0 bridgehead atoms. The van der Waals surface area contributed by atoms with Crippen molar-refractivity contribution >= 4 is 27.7 Å². The maximum atomic E-state index is 12.2. The summed E-state index contributed by atoms with van der Waals surface area (Å²) in [5.74, 6) is -1.85. The van der Waals surface area contributed by atoms with Crippen LogP contribution < -0.4 is 10.0 Å². The molecule has 26 heavy (non-hydrogen) atoms. The van der Waals surface area contributed by atoms with Crippen molar-refractivity contribution in [3.63, 3.8) is 0 Å². The molecule has 140 valence electrons. The fourth-order valence-electron chi connectivity index (χ4n) is 3.26. The summed E-state index contributed by atoms with van der Waals surface area (Å²) in [4.78, 5) is 37.2. The van der Waals surface area contributed by atoms with E-state index in [1.165, 1.54) is 12.1 Å². The lowest BCUT2D eigenvalue weighted by molar-refractivity contribution is -0.121. The molecule has 1 heterocycles. The number of hydrogen-bond acceptors (Lipinski definition) is 5. The van der Waals surface area contributed by atoms with Gasteiger partial charge in [-0.3, -0.25) is 19.3 Å². The Balaban J connectivity index is 1.48. The highest BCUT2D eigenvalue weighted by Crippen LogP contribution is 2.22. The molecule has 1 aliphatic heterocycles. The quantitative estimate of drug-likeness (QED) is 0.660. The lowest BCUT2D eigenvalue weighted by atomic mass is 10.1. The number of carbonyl (C=O) groups excluding carboxylic acids is 3. The molecular formula is C17H21N3O5S. The van der Waals surface area contributed by atoms with E-state index >= 15 is 0 Å². The van der Waals surface area contributed by atoms with E-state index in [0.29, 0.717) is 0 Å². The number of sulfonamides is 1. The molecule has 8 nitrogen and oxygen atoms in total. The SMILES string of the molecule is O=C(CN1C(=O)c2ccccc2C1=O)NCCS(=O)(=O)NC1CCCC1. The molecule has 0 unspecified atom stereocenters. The van der Waals surface area contributed by atoms with Crippen LogP contribution in [0.15, 0.2) is 24.3 Å². The van der Waals surface area contributed by atoms with E-state index in [1.807, 2.05) is 0 Å². The molecule has 0 spiro atoms. The minimum absolute atomic E-state index is 0.0194. The Kier molecular flexibility index (Phi) is 5.38. The molecule has 3 rings (SSSR count). The molecule has 0 aromatic heterocycles. The molecular weight excluding hydrogens is 358 g/mol. The van der Waals surface area contributed by atoms with Crippen molar-refractivity contribution < 1.29 is 22.8 Å². The van der Waals surface area contributed by atoms with Gasteiger partial charge >= 0.3 is 0 Å². The van der Waals surface area contributed by atoms with Crippen molar-refractivity contribution in [1.29, 1.82) is 0 Å². The van der Waals surface area contributed by atoms with Crippen LogP contribution in [0.2, 0.25) is 0 Å². The van der Waals surface area contributed by atoms with Crippen LogP contribution in [0.1, 0.15) is 46.4 Å². The number of hydrogen-bond donors (Lipinski definition) is 2. The van der Waals surface area contributed by atoms with Gasteiger partial charge in [-0.25, -0.2) is 13.1 Å². The molecule has 0 radical (unpaired) electrons. The van der Waals surface area contributed by atoms with Crippen LogP contribution in [0.3, 0.4) is 0 Å². The Morgan fingerprint density at radius 1 is 1.08 bits per heavy atom. The normalized spacial score (nSPS) is 17.6. The number of nitrogens with one attached hydrogen (secondary N) is 2. The second kappa shape index (κ2) is 7.55. The first-order valence-electron chi connectivity index (χ1n) is 8.59. The second-order valence-corrected chi connectivity index (χ2v) is 8.38. The van der Waals surface area contributed by atoms with E-state index in [0.717, 1.165) is 30.6 Å². The van der Waals surface area contributed by atoms with Gasteiger partial charge in [-0.15, -0.1) is 0 Å². The number of fused-ring (bicyclic) bond motifs is 1. The zero-order valence-corrected chi connectivity index (χ0v) is 15.0. The molecule has 0 saturated heterocycles. The third-order valence-electron chi connectivity index (χ3n) is 4.57. The fraction of sp³-hybridized carbons (Fsp3) is 0.471. The zero-order chi connectivity index (χ0) is 18.7. The number of nitrogens with zero attached hydrogens (tertiary/aromatic N) is 1. The van der Waals surface area contributed by atoms with Gasteiger partial charge in [0.1, 0.15) is 6.54 Å². The molecule has 9 heteroatoms. The monoisotopic (exact) mass is 379 g/mol. The first kappa shape index (κ1) is 18.5. The van der Waals surface area contributed by atoms with Crippen molar-refractivity contribution in [3.8, 4) is 0 Å². The average Bonchev–Trinajstić information content (AvgIpc) is 3.17. The van der Waals surface area contributed by atoms with Crippen LogP contribution in [0.4, 0.5) is 0 Å². The Morgan fingerprint density at radius 3 is 2.23 bits per heavy atom. The van der Waals surface area contributed by atoms with Gasteiger partial charge < -0.3 is 5.32 Å². The summed E-state index contributed by atoms with van der Waals surface area (Å²) in [7, 11) is -3.47. The summed E-state index contributed by atoms with van der Waals surface area (Å²) < 4.78 is 26.6. The van der Waals surface area contributed by atoms with E-state index in [9.17, 15) is 22.8 Å². The molecule has 2 aliphatic rings. The van der Waals surface area contributed by atoms with E-state index in [-0.39, 0.29) is 29.5 Å². The van der Waals surface area contributed by atoms with Crippen molar-refractivity contribution in [3.05, 3.63) is 35.4 Å². The van der Waals surface area contributed by atoms with Gasteiger partial charge in [0, 0.05) is 12.6 Å². The second-order valence-electron chi connectivity index (χ2n) is 6.51. The number of imide groups is 1. The van der Waals surface area contributed by atoms with Crippen LogP contribution in [-0.4, -0.2) is 55.9 Å². The highest BCUT2D eigenvalue weighted by molar-refractivity contribution is 7.89. The maximum Gasteiger partial charge on any atom is 0.262 e. The van der Waals surface area contributed by atoms with Crippen LogP contribution in [0.25, 0.3) is 0 Å². The van der Waals surface area contributed by atoms with Crippen LogP contribution in [-0.2, 0) is 14.8 Å². The lowest BCUT2D eigenvalue weighted by Crippen LogP contribution is -2.43. The van der Waals surface area contributed by atoms with Crippen molar-refractivity contribution in [1.82, 2.24) is 14.9 Å². The van der Waals surface area contributed by atoms with Crippen LogP contribution in [0.5, 0.6) is 0 Å². The van der Waals surface area contributed by atoms with E-state index in [2.05, 4.69) is 10.0 Å². The van der Waals surface area contributed by atoms with Gasteiger partial charge in [0.25, 0.3) is 11.8 Å². The molecule has 1 aromatic carbocycles. The molecule has 1 fully saturated rings. The Hall–Kier alpha value is -2.26. The third kappa shape index (κ3) is 4.10. The molecule has 1 aliphatic carbocycles. The van der Waals surface area contributed by atoms with Gasteiger partial charge in [-0.1, -0.05) is 25.0 Å². The standard InChI is InChI=1S/C17H21N3O5S/c21-15(18-9-10-26(24,25)19-12-5-1-2-6-12)11-20-16(22)13-7-3-4-8-14(13)17(20)23/h3-4,7-8,12,19H,1-2,5-6,9-11H2,(H,18,21). The minimum atomic E-state index is -3.47. The highest BCUT2D eigenvalue weighted by atomic mass is 32.2. The molecule has 2 N–H and O–H groups in total. The van der Waals surface area contributed by atoms with Gasteiger partial charge in [-0.2, -0.15) is 0 Å². The first-order valence-corrected chi connectivity index (χ1v) is 10.2. The summed E-state index contributed by atoms with van der Waals surface area (Å²) >= 11 is 0. The van der Waals surface area contributed by atoms with E-state index in [1.54, 1.807) is 12.1 Å². The Morgan fingerprint density at radius 2 is 1.65 bits per heavy atom. The predicted octanol–water partition coefficient (Wildman–Crippen LogP) is 0.261. The smallest absolute Gasteiger partial charge is 0.262 e. The maximum absolute atomic E-state index is 12.2. The predicted molar refractivity (Wildman–Crippen MR) is 94.0 cm³/mol. The molecule has 3 amide bonds. The van der Waals surface area contributed by atoms with Crippen molar-refractivity contribution in [2.75, 3.05) is 18.8 Å². The average molecular weight is 379 g/mol. The number of benzene rings is 1. The summed E-state index contributed by atoms with van der Waals surface area (Å²) in [6.45, 7) is -0.507. The lowest BCUT2D eigenvalue weighted by Gasteiger charge is -2.15. The fourth-order valence-corrected chi connectivity index (χ4v) is 4.50. The van der Waals surface area contributed by atoms with Crippen LogP contribution in [0, 0.1) is 0 Å². The largest absolute Gasteiger partial charge is 0.353 e. The van der Waals surface area contributed by atoms with E-state index in [4.69, 9.17) is 0 Å². The zero-order valence-electron chi connectivity index (χ0n) is 14.2. The van der Waals surface area contributed by atoms with Gasteiger partial charge in [-0.05, 0) is 25.0 Å². The van der Waals surface area contributed by atoms with Crippen LogP contribution >= 0.6 is 0 Å². The number of amides is 3.